The van der Waals surface area contributed by atoms with Gasteiger partial charge in [-0.05, 0) is 54.5 Å². The average Bonchev–Trinajstić information content (AvgIpc) is 2.86. The van der Waals surface area contributed by atoms with Crippen LogP contribution in [0.3, 0.4) is 0 Å². The van der Waals surface area contributed by atoms with Crippen LogP contribution in [-0.2, 0) is 14.5 Å². The molecule has 27 heavy (non-hydrogen) atoms. The molecule has 1 aromatic carbocycles. The third-order valence-electron chi connectivity index (χ3n) is 5.40. The lowest BCUT2D eigenvalue weighted by molar-refractivity contribution is 0.169. The molecule has 2 heterocycles. The number of hydrogen-bond acceptors (Lipinski definition) is 5. The summed E-state index contributed by atoms with van der Waals surface area (Å²) in [6.45, 7) is 6.04. The molecule has 0 spiro atoms. The van der Waals surface area contributed by atoms with Gasteiger partial charge in [0.15, 0.2) is 9.84 Å². The van der Waals surface area contributed by atoms with E-state index in [0.29, 0.717) is 6.42 Å². The Morgan fingerprint density at radius 2 is 2.00 bits per heavy atom. The van der Waals surface area contributed by atoms with Gasteiger partial charge in [0.2, 0.25) is 0 Å². The van der Waals surface area contributed by atoms with Crippen molar-refractivity contribution in [1.82, 2.24) is 0 Å². The third kappa shape index (κ3) is 4.47. The molecule has 0 saturated carbocycles. The molecule has 1 saturated heterocycles. The van der Waals surface area contributed by atoms with E-state index in [-0.39, 0.29) is 29.8 Å². The minimum Gasteiger partial charge on any atom is -0.508 e. The maximum absolute atomic E-state index is 12.6. The van der Waals surface area contributed by atoms with Crippen LogP contribution in [-0.4, -0.2) is 42.8 Å². The Morgan fingerprint density at radius 3 is 2.63 bits per heavy atom. The summed E-state index contributed by atoms with van der Waals surface area (Å²) < 4.78 is 30.9. The molecule has 2 aliphatic heterocycles. The second-order valence-electron chi connectivity index (χ2n) is 7.87. The zero-order valence-electron chi connectivity index (χ0n) is 16.1. The molecule has 2 aliphatic rings. The summed E-state index contributed by atoms with van der Waals surface area (Å²) in [4.78, 5) is 0. The number of rotatable bonds is 5. The van der Waals surface area contributed by atoms with Crippen LogP contribution >= 0.6 is 0 Å². The van der Waals surface area contributed by atoms with Crippen LogP contribution in [0, 0.1) is 5.92 Å². The normalized spacial score (nSPS) is 25.2. The van der Waals surface area contributed by atoms with Crippen molar-refractivity contribution in [2.75, 3.05) is 5.75 Å². The summed E-state index contributed by atoms with van der Waals surface area (Å²) in [5.41, 5.74) is 3.97. The van der Waals surface area contributed by atoms with E-state index in [1.165, 1.54) is 0 Å². The van der Waals surface area contributed by atoms with Crippen molar-refractivity contribution in [3.05, 3.63) is 46.5 Å². The zero-order valence-corrected chi connectivity index (χ0v) is 16.9. The number of fused-ring (bicyclic) bond motifs is 1. The van der Waals surface area contributed by atoms with Gasteiger partial charge in [-0.25, -0.2) is 8.42 Å². The molecule has 2 atom stereocenters. The molecule has 7 heteroatoms. The van der Waals surface area contributed by atoms with E-state index < -0.39 is 22.2 Å². The van der Waals surface area contributed by atoms with Gasteiger partial charge in [0, 0.05) is 6.32 Å². The molecule has 0 aromatic heterocycles. The average molecular weight is 390 g/mol. The Labute approximate surface area is 161 Å². The number of aromatic hydroxyl groups is 1. The molecule has 0 unspecified atom stereocenters. The lowest BCUT2D eigenvalue weighted by Crippen LogP contribution is -2.42. The number of phenols is 1. The minimum atomic E-state index is -3.25. The molecular formula is C20H27BO5S. The summed E-state index contributed by atoms with van der Waals surface area (Å²) in [6, 6.07) is 6.98. The fraction of sp³-hybridized carbons (Fsp3) is 0.500. The van der Waals surface area contributed by atoms with Crippen LogP contribution in [0.25, 0.3) is 6.08 Å². The van der Waals surface area contributed by atoms with Gasteiger partial charge in [-0.1, -0.05) is 37.6 Å². The van der Waals surface area contributed by atoms with Crippen molar-refractivity contribution < 1.29 is 23.2 Å². The van der Waals surface area contributed by atoms with Crippen molar-refractivity contribution in [2.45, 2.75) is 51.3 Å². The Bertz CT molecular complexity index is 855. The van der Waals surface area contributed by atoms with Gasteiger partial charge < -0.3 is 14.8 Å². The van der Waals surface area contributed by atoms with Gasteiger partial charge in [-0.3, -0.25) is 0 Å². The molecular weight excluding hydrogens is 363 g/mol. The highest BCUT2D eigenvalue weighted by Gasteiger charge is 2.48. The van der Waals surface area contributed by atoms with E-state index in [4.69, 9.17) is 4.65 Å². The monoisotopic (exact) mass is 390 g/mol. The van der Waals surface area contributed by atoms with Gasteiger partial charge in [0.25, 0.3) is 0 Å². The summed E-state index contributed by atoms with van der Waals surface area (Å²) in [7, 11) is -4.29. The summed E-state index contributed by atoms with van der Waals surface area (Å²) in [5, 5.41) is 18.8. The molecule has 0 bridgehead atoms. The predicted molar refractivity (Wildman–Crippen MR) is 108 cm³/mol. The number of sulfone groups is 1. The van der Waals surface area contributed by atoms with Crippen LogP contribution in [0.15, 0.2) is 41.0 Å². The molecule has 0 radical (unpaired) electrons. The smallest absolute Gasteiger partial charge is 0.456 e. The maximum Gasteiger partial charge on any atom is 0.456 e. The van der Waals surface area contributed by atoms with Crippen LogP contribution in [0.1, 0.15) is 39.2 Å². The van der Waals surface area contributed by atoms with Gasteiger partial charge in [-0.15, -0.1) is 0 Å². The Balaban J connectivity index is 1.78. The molecule has 5 nitrogen and oxygen atoms in total. The number of benzene rings is 1. The van der Waals surface area contributed by atoms with Crippen molar-refractivity contribution >= 4 is 23.0 Å². The molecule has 146 valence electrons. The Hall–Kier alpha value is -1.57. The molecule has 1 aromatic rings. The van der Waals surface area contributed by atoms with E-state index in [1.54, 1.807) is 12.1 Å². The number of hydrogen-bond donors (Lipinski definition) is 2. The Morgan fingerprint density at radius 1 is 1.33 bits per heavy atom. The summed E-state index contributed by atoms with van der Waals surface area (Å²) in [5.74, 6) is 0.463. The second kappa shape index (κ2) is 7.82. The predicted octanol–water partition coefficient (Wildman–Crippen LogP) is 3.20. The summed E-state index contributed by atoms with van der Waals surface area (Å²) >= 11 is 0. The highest BCUT2D eigenvalue weighted by molar-refractivity contribution is 7.92. The first-order valence-corrected chi connectivity index (χ1v) is 11.1. The number of phenolic OH excluding ortho intramolecular Hbond substituents is 1. The van der Waals surface area contributed by atoms with Crippen molar-refractivity contribution in [3.63, 3.8) is 0 Å². The van der Waals surface area contributed by atoms with Gasteiger partial charge >= 0.3 is 7.12 Å². The second-order valence-corrected chi connectivity index (χ2v) is 10.1. The summed E-state index contributed by atoms with van der Waals surface area (Å²) in [6.07, 6.45) is 3.18. The standard InChI is InChI=1S/C20H27BO5S/c1-13(2)17-12-27(24,25)19-11-21(23)26-18(20(17)19)9-4-14(3)10-15-5-7-16(22)8-6-15/h5-8,10,13,18-19,22-23H,4,9,11-12H2,1-3H3/b14-10+/t18-,19+/m1/s1. The molecule has 2 N–H and O–H groups in total. The zero-order chi connectivity index (χ0) is 19.8. The Kier molecular flexibility index (Phi) is 5.84. The highest BCUT2D eigenvalue weighted by atomic mass is 32.2. The third-order valence-corrected chi connectivity index (χ3v) is 7.42. The van der Waals surface area contributed by atoms with E-state index in [2.05, 4.69) is 0 Å². The number of allylic oxidation sites excluding steroid dienone is 1. The topological polar surface area (TPSA) is 83.8 Å². The first kappa shape index (κ1) is 20.2. The van der Waals surface area contributed by atoms with E-state index in [0.717, 1.165) is 28.7 Å². The van der Waals surface area contributed by atoms with Crippen molar-refractivity contribution in [1.29, 1.82) is 0 Å². The largest absolute Gasteiger partial charge is 0.508 e. The minimum absolute atomic E-state index is 0.0829. The lowest BCUT2D eigenvalue weighted by Gasteiger charge is -2.32. The SMILES string of the molecule is C/C(=C\c1ccc(O)cc1)CC[C@H]1OB(O)C[C@H]2C1=C(C(C)C)CS2(=O)=O. The van der Waals surface area contributed by atoms with E-state index in [1.807, 2.05) is 39.0 Å². The van der Waals surface area contributed by atoms with E-state index >= 15 is 0 Å². The first-order chi connectivity index (χ1) is 12.7. The van der Waals surface area contributed by atoms with Crippen LogP contribution in [0.4, 0.5) is 0 Å². The fourth-order valence-corrected chi connectivity index (χ4v) is 6.28. The lowest BCUT2D eigenvalue weighted by atomic mass is 9.74. The van der Waals surface area contributed by atoms with Gasteiger partial charge in [0.05, 0.1) is 17.1 Å². The van der Waals surface area contributed by atoms with Crippen LogP contribution in [0.5, 0.6) is 5.75 Å². The molecule has 3 rings (SSSR count). The van der Waals surface area contributed by atoms with Gasteiger partial charge in [-0.2, -0.15) is 0 Å². The maximum atomic E-state index is 12.6. The van der Waals surface area contributed by atoms with Gasteiger partial charge in [0.1, 0.15) is 5.75 Å². The quantitative estimate of drug-likeness (QED) is 0.596. The first-order valence-electron chi connectivity index (χ1n) is 9.41. The molecule has 1 fully saturated rings. The van der Waals surface area contributed by atoms with Crippen molar-refractivity contribution in [2.24, 2.45) is 5.92 Å². The van der Waals surface area contributed by atoms with Crippen LogP contribution in [0.2, 0.25) is 6.32 Å². The molecule has 0 aliphatic carbocycles. The van der Waals surface area contributed by atoms with Crippen LogP contribution < -0.4 is 0 Å². The molecule has 0 amide bonds. The van der Waals surface area contributed by atoms with E-state index in [9.17, 15) is 18.5 Å². The fourth-order valence-electron chi connectivity index (χ4n) is 4.00. The van der Waals surface area contributed by atoms with Crippen molar-refractivity contribution in [3.8, 4) is 5.75 Å². The highest BCUT2D eigenvalue weighted by Crippen LogP contribution is 2.41.